The lowest BCUT2D eigenvalue weighted by molar-refractivity contribution is -0.131. The number of anilines is 1. The number of hydrogen-bond donors (Lipinski definition) is 3. The number of phenolic OH excluding ortho intramolecular Hbond substituents is 1. The van der Waals surface area contributed by atoms with Crippen molar-refractivity contribution < 1.29 is 24.1 Å². The van der Waals surface area contributed by atoms with E-state index in [0.717, 1.165) is 45.2 Å². The minimum absolute atomic E-state index is 0.0515. The van der Waals surface area contributed by atoms with E-state index < -0.39 is 11.4 Å². The first-order valence-corrected chi connectivity index (χ1v) is 17.9. The molecule has 264 valence electrons. The fourth-order valence-electron chi connectivity index (χ4n) is 9.07. The lowest BCUT2D eigenvalue weighted by Gasteiger charge is -2.44. The van der Waals surface area contributed by atoms with E-state index in [1.165, 1.54) is 12.1 Å². The normalized spacial score (nSPS) is 26.6. The molecule has 13 heteroatoms. The highest BCUT2D eigenvalue weighted by Crippen LogP contribution is 2.43. The number of phenols is 1. The van der Waals surface area contributed by atoms with Gasteiger partial charge in [-0.2, -0.15) is 9.97 Å². The molecule has 4 atom stereocenters. The summed E-state index contributed by atoms with van der Waals surface area (Å²) in [5, 5.41) is 24.4. The van der Waals surface area contributed by atoms with Crippen LogP contribution in [0, 0.1) is 11.7 Å². The molecule has 2 bridgehead atoms. The number of rotatable bonds is 10. The van der Waals surface area contributed by atoms with E-state index in [-0.39, 0.29) is 59.4 Å². The minimum atomic E-state index is -0.633. The lowest BCUT2D eigenvalue weighted by atomic mass is 9.92. The molecule has 4 aliphatic rings. The number of aliphatic hydroxyl groups is 1. The molecule has 0 spiro atoms. The first kappa shape index (κ1) is 34.1. The summed E-state index contributed by atoms with van der Waals surface area (Å²) >= 11 is 6.57. The molecule has 2 aromatic heterocycles. The van der Waals surface area contributed by atoms with Crippen LogP contribution in [0.2, 0.25) is 5.02 Å². The molecule has 4 aliphatic heterocycles. The van der Waals surface area contributed by atoms with Gasteiger partial charge in [0.05, 0.1) is 23.1 Å². The van der Waals surface area contributed by atoms with Gasteiger partial charge < -0.3 is 30.1 Å². The SMILES string of the molecule is CC1CN2CCC[C@]2(COc2nc(N3C[C@@H]4CC[C@](CN(C)C(=O)CCO)(C3)N4)c3cnc(-c4cc(O)cc(Cl)c4C(C)C)c(F)c3n2)C1. The van der Waals surface area contributed by atoms with Crippen molar-refractivity contribution in [1.29, 1.82) is 0 Å². The van der Waals surface area contributed by atoms with Gasteiger partial charge in [-0.15, -0.1) is 0 Å². The van der Waals surface area contributed by atoms with Crippen molar-refractivity contribution >= 4 is 34.2 Å². The Hall–Kier alpha value is -3.32. The highest BCUT2D eigenvalue weighted by Gasteiger charge is 2.49. The van der Waals surface area contributed by atoms with Crippen LogP contribution in [0.1, 0.15) is 70.8 Å². The van der Waals surface area contributed by atoms with Crippen molar-refractivity contribution in [3.05, 3.63) is 34.7 Å². The Morgan fingerprint density at radius 3 is 2.86 bits per heavy atom. The average molecular weight is 696 g/mol. The van der Waals surface area contributed by atoms with Crippen molar-refractivity contribution in [2.24, 2.45) is 5.92 Å². The summed E-state index contributed by atoms with van der Waals surface area (Å²) in [6.07, 6.45) is 6.67. The highest BCUT2D eigenvalue weighted by molar-refractivity contribution is 6.32. The van der Waals surface area contributed by atoms with E-state index in [9.17, 15) is 15.0 Å². The quantitative estimate of drug-likeness (QED) is 0.274. The van der Waals surface area contributed by atoms with Crippen LogP contribution in [-0.4, -0.2) is 111 Å². The third kappa shape index (κ3) is 6.30. The molecule has 11 nitrogen and oxygen atoms in total. The van der Waals surface area contributed by atoms with Crippen molar-refractivity contribution in [1.82, 2.24) is 30.1 Å². The van der Waals surface area contributed by atoms with Crippen LogP contribution in [0.5, 0.6) is 11.8 Å². The van der Waals surface area contributed by atoms with Gasteiger partial charge in [0.15, 0.2) is 5.82 Å². The zero-order chi connectivity index (χ0) is 34.7. The number of fused-ring (bicyclic) bond motifs is 4. The second kappa shape index (κ2) is 13.1. The van der Waals surface area contributed by atoms with E-state index in [0.29, 0.717) is 59.5 Å². The molecule has 3 aromatic rings. The van der Waals surface area contributed by atoms with E-state index in [1.54, 1.807) is 18.1 Å². The molecule has 4 fully saturated rings. The number of aromatic hydroxyl groups is 1. The van der Waals surface area contributed by atoms with Gasteiger partial charge >= 0.3 is 6.01 Å². The first-order valence-electron chi connectivity index (χ1n) is 17.6. The Morgan fingerprint density at radius 1 is 1.27 bits per heavy atom. The number of aliphatic hydroxyl groups excluding tert-OH is 1. The summed E-state index contributed by atoms with van der Waals surface area (Å²) in [4.78, 5) is 33.3. The summed E-state index contributed by atoms with van der Waals surface area (Å²) < 4.78 is 23.4. The fraction of sp³-hybridized carbons (Fsp3) is 0.611. The number of hydrogen-bond acceptors (Lipinski definition) is 10. The number of amides is 1. The summed E-state index contributed by atoms with van der Waals surface area (Å²) in [7, 11) is 1.77. The maximum atomic E-state index is 16.9. The van der Waals surface area contributed by atoms with Crippen LogP contribution in [0.3, 0.4) is 0 Å². The van der Waals surface area contributed by atoms with Crippen LogP contribution in [0.25, 0.3) is 22.2 Å². The Kier molecular flexibility index (Phi) is 9.13. The topological polar surface area (TPSA) is 127 Å². The highest BCUT2D eigenvalue weighted by atomic mass is 35.5. The predicted molar refractivity (Wildman–Crippen MR) is 187 cm³/mol. The van der Waals surface area contributed by atoms with Crippen LogP contribution in [0.15, 0.2) is 18.3 Å². The molecule has 49 heavy (non-hydrogen) atoms. The largest absolute Gasteiger partial charge is 0.508 e. The van der Waals surface area contributed by atoms with Crippen LogP contribution < -0.4 is 15.0 Å². The second-order valence-electron chi connectivity index (χ2n) is 15.2. The summed E-state index contributed by atoms with van der Waals surface area (Å²) in [5.41, 5.74) is 0.768. The summed E-state index contributed by atoms with van der Waals surface area (Å²) in [6, 6.07) is 3.23. The monoisotopic (exact) mass is 695 g/mol. The number of nitrogens with one attached hydrogen (secondary N) is 1. The molecule has 0 saturated carbocycles. The van der Waals surface area contributed by atoms with Gasteiger partial charge in [0.2, 0.25) is 5.91 Å². The van der Waals surface area contributed by atoms with Crippen LogP contribution in [0.4, 0.5) is 10.2 Å². The van der Waals surface area contributed by atoms with Crippen molar-refractivity contribution in [2.75, 3.05) is 57.9 Å². The average Bonchev–Trinajstić information content (AvgIpc) is 3.67. The maximum Gasteiger partial charge on any atom is 0.319 e. The van der Waals surface area contributed by atoms with Crippen molar-refractivity contribution in [3.8, 4) is 23.0 Å². The standard InChI is InChI=1S/C36H47ClFN7O4/c1-21(2)29-25(12-24(47)13-27(29)37)31-30(38)32-26(15-39-31)33(41-34(40-32)49-20-36-8-5-10-45(36)16-22(3)14-36)44-17-23-6-9-35(19-44,42-23)18-43(4)28(48)7-11-46/h12-13,15,21-23,42,46-47H,5-11,14,16-20H2,1-4H3/t22?,23-,35-,36+/m0/s1. The number of ether oxygens (including phenoxy) is 1. The second-order valence-corrected chi connectivity index (χ2v) is 15.6. The zero-order valence-electron chi connectivity index (χ0n) is 28.8. The van der Waals surface area contributed by atoms with Crippen LogP contribution in [-0.2, 0) is 4.79 Å². The van der Waals surface area contributed by atoms with Gasteiger partial charge in [0.1, 0.15) is 29.4 Å². The smallest absolute Gasteiger partial charge is 0.319 e. The summed E-state index contributed by atoms with van der Waals surface area (Å²) in [6.45, 7) is 10.2. The number of carbonyl (C=O) groups excluding carboxylic acids is 1. The van der Waals surface area contributed by atoms with Gasteiger partial charge in [0, 0.05) is 62.5 Å². The maximum absolute atomic E-state index is 16.9. The van der Waals surface area contributed by atoms with Gasteiger partial charge in [-0.25, -0.2) is 4.39 Å². The van der Waals surface area contributed by atoms with Gasteiger partial charge in [-0.3, -0.25) is 14.7 Å². The van der Waals surface area contributed by atoms with Gasteiger partial charge in [-0.1, -0.05) is 32.4 Å². The minimum Gasteiger partial charge on any atom is -0.508 e. The molecule has 3 N–H and O–H groups in total. The van der Waals surface area contributed by atoms with Crippen molar-refractivity contribution in [3.63, 3.8) is 0 Å². The molecular weight excluding hydrogens is 649 g/mol. The first-order chi connectivity index (χ1) is 23.4. The van der Waals surface area contributed by atoms with E-state index in [4.69, 9.17) is 26.3 Å². The Morgan fingerprint density at radius 2 is 2.08 bits per heavy atom. The predicted octanol–water partition coefficient (Wildman–Crippen LogP) is 4.72. The number of benzene rings is 1. The molecule has 1 aromatic carbocycles. The van der Waals surface area contributed by atoms with Gasteiger partial charge in [-0.05, 0) is 68.2 Å². The fourth-order valence-corrected chi connectivity index (χ4v) is 9.50. The van der Waals surface area contributed by atoms with Crippen molar-refractivity contribution in [2.45, 2.75) is 82.3 Å². The molecule has 7 rings (SSSR count). The van der Waals surface area contributed by atoms with E-state index in [1.807, 2.05) is 13.8 Å². The number of piperazine rings is 1. The van der Waals surface area contributed by atoms with E-state index >= 15 is 4.39 Å². The number of likely N-dealkylation sites (N-methyl/N-ethyl adjacent to an activating group) is 1. The number of halogens is 2. The third-order valence-electron chi connectivity index (χ3n) is 11.1. The molecule has 0 radical (unpaired) electrons. The molecule has 1 unspecified atom stereocenters. The van der Waals surface area contributed by atoms with Crippen LogP contribution >= 0.6 is 11.6 Å². The molecular formula is C36H47ClFN7O4. The summed E-state index contributed by atoms with van der Waals surface area (Å²) in [5.74, 6) is 0.230. The Bertz CT molecular complexity index is 1760. The zero-order valence-corrected chi connectivity index (χ0v) is 29.6. The molecule has 1 amide bonds. The Balaban J connectivity index is 1.31. The van der Waals surface area contributed by atoms with Gasteiger partial charge in [0.25, 0.3) is 0 Å². The Labute approximate surface area is 291 Å². The lowest BCUT2D eigenvalue weighted by Crippen LogP contribution is -2.64. The molecule has 4 saturated heterocycles. The number of aromatic nitrogens is 3. The number of carbonyl (C=O) groups is 1. The molecule has 6 heterocycles. The third-order valence-corrected chi connectivity index (χ3v) is 11.4. The number of nitrogens with zero attached hydrogens (tertiary/aromatic N) is 6. The number of pyridine rings is 1. The molecule has 0 aliphatic carbocycles. The van der Waals surface area contributed by atoms with E-state index in [2.05, 4.69) is 27.0 Å².